The third-order valence-electron chi connectivity index (χ3n) is 6.85. The fourth-order valence-electron chi connectivity index (χ4n) is 4.44. The number of carbonyl (C=O) groups excluding carboxylic acids is 1. The van der Waals surface area contributed by atoms with Gasteiger partial charge in [0.25, 0.3) is 0 Å². The largest absolute Gasteiger partial charge is 0.481 e. The number of benzene rings is 2. The van der Waals surface area contributed by atoms with Crippen LogP contribution in [0.1, 0.15) is 42.9 Å². The molecule has 1 atom stereocenters. The normalized spacial score (nSPS) is 16.4. The molecule has 6 nitrogen and oxygen atoms in total. The van der Waals surface area contributed by atoms with Crippen molar-refractivity contribution in [2.24, 2.45) is 0 Å². The fraction of sp³-hybridized carbons (Fsp3) is 0.429. The molecule has 0 aliphatic carbocycles. The molecule has 1 N–H and O–H groups in total. The number of amides is 1. The first-order valence-corrected chi connectivity index (χ1v) is 11.9. The molecule has 0 aromatic heterocycles. The van der Waals surface area contributed by atoms with Gasteiger partial charge in [-0.05, 0) is 50.8 Å². The van der Waals surface area contributed by atoms with E-state index < -0.39 is 11.4 Å². The van der Waals surface area contributed by atoms with Crippen LogP contribution in [0.25, 0.3) is 0 Å². The van der Waals surface area contributed by atoms with Crippen LogP contribution in [0.5, 0.6) is 0 Å². The van der Waals surface area contributed by atoms with Crippen LogP contribution >= 0.6 is 0 Å². The molecule has 0 bridgehead atoms. The van der Waals surface area contributed by atoms with Crippen LogP contribution in [0.3, 0.4) is 0 Å². The number of hydrogen-bond acceptors (Lipinski definition) is 4. The van der Waals surface area contributed by atoms with E-state index in [1.54, 1.807) is 17.9 Å². The van der Waals surface area contributed by atoms with Crippen molar-refractivity contribution in [2.45, 2.75) is 51.2 Å². The van der Waals surface area contributed by atoms with Gasteiger partial charge < -0.3 is 19.6 Å². The van der Waals surface area contributed by atoms with E-state index in [-0.39, 0.29) is 18.7 Å². The van der Waals surface area contributed by atoms with E-state index >= 15 is 0 Å². The minimum absolute atomic E-state index is 0.0831. The SMILES string of the molecule is C=CCN(C(=O)OCc1ccc(C)cc1)C1CCN(CCC(C)(C(=O)O)c2ccccc2)CC1. The summed E-state index contributed by atoms with van der Waals surface area (Å²) in [6.45, 7) is 10.7. The van der Waals surface area contributed by atoms with Crippen molar-refractivity contribution in [3.63, 3.8) is 0 Å². The summed E-state index contributed by atoms with van der Waals surface area (Å²) in [5, 5.41) is 9.91. The molecule has 0 spiro atoms. The first kappa shape index (κ1) is 25.5. The molecule has 1 amide bonds. The number of aliphatic carboxylic acids is 1. The number of rotatable bonds is 10. The quantitative estimate of drug-likeness (QED) is 0.500. The number of carbonyl (C=O) groups is 2. The average molecular weight is 465 g/mol. The Morgan fingerprint density at radius 1 is 1.15 bits per heavy atom. The maximum atomic E-state index is 12.8. The van der Waals surface area contributed by atoms with E-state index in [9.17, 15) is 14.7 Å². The predicted molar refractivity (Wildman–Crippen MR) is 134 cm³/mol. The number of nitrogens with zero attached hydrogens (tertiary/aromatic N) is 2. The van der Waals surface area contributed by atoms with Crippen molar-refractivity contribution in [3.05, 3.63) is 83.9 Å². The Bertz CT molecular complexity index is 952. The summed E-state index contributed by atoms with van der Waals surface area (Å²) in [7, 11) is 0. The molecule has 1 aliphatic rings. The summed E-state index contributed by atoms with van der Waals surface area (Å²) >= 11 is 0. The lowest BCUT2D eigenvalue weighted by Gasteiger charge is -2.38. The van der Waals surface area contributed by atoms with Gasteiger partial charge in [0.05, 0.1) is 5.41 Å². The Kier molecular flexibility index (Phi) is 8.88. The average Bonchev–Trinajstić information content (AvgIpc) is 2.86. The summed E-state index contributed by atoms with van der Waals surface area (Å²) in [6.07, 6.45) is 3.59. The lowest BCUT2D eigenvalue weighted by atomic mass is 9.79. The number of carboxylic acid groups (broad SMARTS) is 1. The number of aryl methyl sites for hydroxylation is 1. The first-order valence-electron chi connectivity index (χ1n) is 11.9. The van der Waals surface area contributed by atoms with Gasteiger partial charge in [0.2, 0.25) is 0 Å². The van der Waals surface area contributed by atoms with E-state index in [4.69, 9.17) is 4.74 Å². The van der Waals surface area contributed by atoms with Gasteiger partial charge in [-0.3, -0.25) is 4.79 Å². The van der Waals surface area contributed by atoms with E-state index in [2.05, 4.69) is 11.5 Å². The Hall–Kier alpha value is -3.12. The monoisotopic (exact) mass is 464 g/mol. The van der Waals surface area contributed by atoms with Gasteiger partial charge in [-0.1, -0.05) is 66.2 Å². The van der Waals surface area contributed by atoms with Crippen molar-refractivity contribution >= 4 is 12.1 Å². The number of hydrogen-bond donors (Lipinski definition) is 1. The van der Waals surface area contributed by atoms with Gasteiger partial charge in [0.15, 0.2) is 0 Å². The molecule has 34 heavy (non-hydrogen) atoms. The lowest BCUT2D eigenvalue weighted by Crippen LogP contribution is -2.48. The molecule has 3 rings (SSSR count). The van der Waals surface area contributed by atoms with Crippen LogP contribution in [0, 0.1) is 6.92 Å². The molecule has 1 saturated heterocycles. The van der Waals surface area contributed by atoms with Crippen LogP contribution in [0.15, 0.2) is 67.3 Å². The van der Waals surface area contributed by atoms with Gasteiger partial charge in [-0.2, -0.15) is 0 Å². The Morgan fingerprint density at radius 3 is 2.38 bits per heavy atom. The van der Waals surface area contributed by atoms with Crippen molar-refractivity contribution < 1.29 is 19.4 Å². The molecule has 2 aromatic rings. The van der Waals surface area contributed by atoms with Crippen LogP contribution in [-0.2, 0) is 21.6 Å². The van der Waals surface area contributed by atoms with Crippen LogP contribution < -0.4 is 0 Å². The van der Waals surface area contributed by atoms with E-state index in [0.717, 1.165) is 37.1 Å². The second-order valence-electron chi connectivity index (χ2n) is 9.31. The summed E-state index contributed by atoms with van der Waals surface area (Å²) in [5.41, 5.74) is 2.04. The lowest BCUT2D eigenvalue weighted by molar-refractivity contribution is -0.143. The molecule has 1 fully saturated rings. The zero-order valence-corrected chi connectivity index (χ0v) is 20.3. The molecule has 182 valence electrons. The van der Waals surface area contributed by atoms with E-state index in [1.807, 2.05) is 61.5 Å². The Balaban J connectivity index is 1.53. The number of piperidine rings is 1. The highest BCUT2D eigenvalue weighted by Gasteiger charge is 2.36. The standard InChI is InChI=1S/C28H36N2O4/c1-4-17-30(27(33)34-21-23-12-10-22(2)11-13-23)25-14-18-29(19-15-25)20-16-28(3,26(31)32)24-8-6-5-7-9-24/h4-13,25H,1,14-21H2,2-3H3,(H,31,32). The molecule has 6 heteroatoms. The molecule has 2 aromatic carbocycles. The third kappa shape index (κ3) is 6.48. The van der Waals surface area contributed by atoms with Gasteiger partial charge >= 0.3 is 12.1 Å². The Morgan fingerprint density at radius 2 is 1.79 bits per heavy atom. The smallest absolute Gasteiger partial charge is 0.410 e. The maximum absolute atomic E-state index is 12.8. The molecule has 0 radical (unpaired) electrons. The van der Waals surface area contributed by atoms with E-state index in [0.29, 0.717) is 19.5 Å². The summed E-state index contributed by atoms with van der Waals surface area (Å²) in [5.74, 6) is -0.804. The minimum atomic E-state index is -0.924. The van der Waals surface area contributed by atoms with Crippen molar-refractivity contribution in [1.82, 2.24) is 9.80 Å². The van der Waals surface area contributed by atoms with Crippen LogP contribution in [-0.4, -0.2) is 59.2 Å². The molecule has 0 saturated carbocycles. The highest BCUT2D eigenvalue weighted by molar-refractivity contribution is 5.80. The predicted octanol–water partition coefficient (Wildman–Crippen LogP) is 5.02. The minimum Gasteiger partial charge on any atom is -0.481 e. The second kappa shape index (κ2) is 11.8. The molecular formula is C28H36N2O4. The van der Waals surface area contributed by atoms with E-state index in [1.165, 1.54) is 5.56 Å². The molecule has 1 heterocycles. The number of likely N-dealkylation sites (tertiary alicyclic amines) is 1. The summed E-state index contributed by atoms with van der Waals surface area (Å²) < 4.78 is 5.59. The zero-order chi connectivity index (χ0) is 24.6. The third-order valence-corrected chi connectivity index (χ3v) is 6.85. The fourth-order valence-corrected chi connectivity index (χ4v) is 4.44. The van der Waals surface area contributed by atoms with Crippen LogP contribution in [0.2, 0.25) is 0 Å². The van der Waals surface area contributed by atoms with Gasteiger partial charge in [-0.15, -0.1) is 6.58 Å². The highest BCUT2D eigenvalue weighted by Crippen LogP contribution is 2.29. The van der Waals surface area contributed by atoms with Crippen LogP contribution in [0.4, 0.5) is 4.79 Å². The van der Waals surface area contributed by atoms with Gasteiger partial charge in [-0.25, -0.2) is 4.79 Å². The topological polar surface area (TPSA) is 70.1 Å². The van der Waals surface area contributed by atoms with Crippen molar-refractivity contribution in [1.29, 1.82) is 0 Å². The number of ether oxygens (including phenoxy) is 1. The zero-order valence-electron chi connectivity index (χ0n) is 20.3. The van der Waals surface area contributed by atoms with Crippen molar-refractivity contribution in [3.8, 4) is 0 Å². The highest BCUT2D eigenvalue weighted by atomic mass is 16.6. The number of carboxylic acids is 1. The summed E-state index contributed by atoms with van der Waals surface area (Å²) in [4.78, 5) is 29.0. The summed E-state index contributed by atoms with van der Waals surface area (Å²) in [6, 6.07) is 17.5. The van der Waals surface area contributed by atoms with Gasteiger partial charge in [0.1, 0.15) is 6.61 Å². The molecule has 1 unspecified atom stereocenters. The van der Waals surface area contributed by atoms with Crippen molar-refractivity contribution in [2.75, 3.05) is 26.2 Å². The molecular weight excluding hydrogens is 428 g/mol. The second-order valence-corrected chi connectivity index (χ2v) is 9.31. The molecule has 1 aliphatic heterocycles. The first-order chi connectivity index (χ1) is 16.3. The van der Waals surface area contributed by atoms with Gasteiger partial charge in [0, 0.05) is 25.7 Å². The maximum Gasteiger partial charge on any atom is 0.410 e. The Labute approximate surface area is 202 Å².